The molecule has 6 nitrogen and oxygen atoms in total. The van der Waals surface area contributed by atoms with E-state index in [2.05, 4.69) is 15.3 Å². The summed E-state index contributed by atoms with van der Waals surface area (Å²) in [5, 5.41) is 3.16. The van der Waals surface area contributed by atoms with Crippen LogP contribution in [0.1, 0.15) is 21.7 Å². The second-order valence-corrected chi connectivity index (χ2v) is 6.60. The molecular weight excluding hydrogens is 371 g/mol. The van der Waals surface area contributed by atoms with Gasteiger partial charge in [0.15, 0.2) is 0 Å². The molecule has 144 valence electrons. The summed E-state index contributed by atoms with van der Waals surface area (Å²) in [7, 11) is 0. The number of halogens is 1. The summed E-state index contributed by atoms with van der Waals surface area (Å²) in [4.78, 5) is 33.8. The third kappa shape index (κ3) is 3.89. The molecule has 4 rings (SSSR count). The van der Waals surface area contributed by atoms with Crippen molar-refractivity contribution in [1.82, 2.24) is 14.5 Å². The summed E-state index contributed by atoms with van der Waals surface area (Å²) in [5.41, 5.74) is 2.01. The van der Waals surface area contributed by atoms with Crippen LogP contribution in [-0.4, -0.2) is 20.4 Å². The summed E-state index contributed by atoms with van der Waals surface area (Å²) in [6.45, 7) is 2.03. The van der Waals surface area contributed by atoms with Gasteiger partial charge in [-0.2, -0.15) is 0 Å². The van der Waals surface area contributed by atoms with Crippen LogP contribution in [0.4, 0.5) is 10.1 Å². The second kappa shape index (κ2) is 7.63. The van der Waals surface area contributed by atoms with Crippen LogP contribution in [0.2, 0.25) is 0 Å². The van der Waals surface area contributed by atoms with E-state index < -0.39 is 0 Å². The molecule has 2 aromatic heterocycles. The van der Waals surface area contributed by atoms with E-state index in [-0.39, 0.29) is 23.8 Å². The monoisotopic (exact) mass is 388 g/mol. The largest absolute Gasteiger partial charge is 0.322 e. The molecule has 7 heteroatoms. The van der Waals surface area contributed by atoms with Crippen LogP contribution < -0.4 is 10.9 Å². The average Bonchev–Trinajstić information content (AvgIpc) is 2.73. The van der Waals surface area contributed by atoms with Crippen molar-refractivity contribution < 1.29 is 9.18 Å². The van der Waals surface area contributed by atoms with Crippen molar-refractivity contribution in [2.75, 3.05) is 5.32 Å². The third-order valence-electron chi connectivity index (χ3n) is 4.58. The fraction of sp³-hybridized carbons (Fsp3) is 0.0909. The maximum atomic E-state index is 13.1. The third-order valence-corrected chi connectivity index (χ3v) is 4.58. The van der Waals surface area contributed by atoms with Gasteiger partial charge >= 0.3 is 0 Å². The molecular formula is C22H17FN4O2. The molecule has 0 unspecified atom stereocenters. The number of hydrogen-bond acceptors (Lipinski definition) is 4. The van der Waals surface area contributed by atoms with Gasteiger partial charge in [-0.1, -0.05) is 12.1 Å². The zero-order valence-corrected chi connectivity index (χ0v) is 15.6. The number of amides is 1. The number of carbonyl (C=O) groups excluding carboxylic acids is 1. The van der Waals surface area contributed by atoms with E-state index in [0.29, 0.717) is 28.0 Å². The van der Waals surface area contributed by atoms with Gasteiger partial charge in [-0.05, 0) is 55.0 Å². The lowest BCUT2D eigenvalue weighted by atomic mass is 10.2. The normalized spacial score (nSPS) is 10.8. The van der Waals surface area contributed by atoms with E-state index in [1.165, 1.54) is 22.9 Å². The van der Waals surface area contributed by atoms with Gasteiger partial charge in [0.1, 0.15) is 11.6 Å². The Labute approximate surface area is 165 Å². The van der Waals surface area contributed by atoms with Crippen LogP contribution in [0.3, 0.4) is 0 Å². The van der Waals surface area contributed by atoms with Gasteiger partial charge in [0.05, 0.1) is 23.0 Å². The number of fused-ring (bicyclic) bond motifs is 1. The van der Waals surface area contributed by atoms with Crippen molar-refractivity contribution in [2.45, 2.75) is 13.5 Å². The molecule has 0 bridgehead atoms. The molecule has 4 aromatic rings. The Morgan fingerprint density at radius 2 is 1.93 bits per heavy atom. The number of aryl methyl sites for hydroxylation is 1. The van der Waals surface area contributed by atoms with E-state index in [1.54, 1.807) is 55.6 Å². The number of nitrogens with zero attached hydrogens (tertiary/aromatic N) is 3. The van der Waals surface area contributed by atoms with Crippen LogP contribution in [0.25, 0.3) is 10.9 Å². The van der Waals surface area contributed by atoms with Crippen LogP contribution in [0, 0.1) is 12.7 Å². The average molecular weight is 388 g/mol. The highest BCUT2D eigenvalue weighted by Crippen LogP contribution is 2.17. The summed E-state index contributed by atoms with van der Waals surface area (Å²) >= 11 is 0. The van der Waals surface area contributed by atoms with Crippen LogP contribution in [-0.2, 0) is 6.54 Å². The minimum Gasteiger partial charge on any atom is -0.322 e. The first-order chi connectivity index (χ1) is 14.0. The first-order valence-corrected chi connectivity index (χ1v) is 8.98. The lowest BCUT2D eigenvalue weighted by Gasteiger charge is -2.12. The van der Waals surface area contributed by atoms with Gasteiger partial charge in [-0.3, -0.25) is 19.1 Å². The minimum atomic E-state index is -0.330. The quantitative estimate of drug-likeness (QED) is 0.580. The van der Waals surface area contributed by atoms with E-state index >= 15 is 0 Å². The zero-order valence-electron chi connectivity index (χ0n) is 15.6. The van der Waals surface area contributed by atoms with E-state index in [0.717, 1.165) is 5.56 Å². The minimum absolute atomic E-state index is 0.227. The van der Waals surface area contributed by atoms with Crippen molar-refractivity contribution in [3.05, 3.63) is 100 Å². The Morgan fingerprint density at radius 3 is 2.66 bits per heavy atom. The van der Waals surface area contributed by atoms with Gasteiger partial charge in [-0.15, -0.1) is 0 Å². The van der Waals surface area contributed by atoms with E-state index in [9.17, 15) is 14.0 Å². The van der Waals surface area contributed by atoms with Gasteiger partial charge in [0, 0.05) is 18.1 Å². The number of pyridine rings is 1. The summed E-state index contributed by atoms with van der Waals surface area (Å²) < 4.78 is 14.7. The van der Waals surface area contributed by atoms with Crippen LogP contribution in [0.5, 0.6) is 0 Å². The standard InChI is InChI=1S/C22H17FN4O2/c1-14-25-20-9-8-18(26-21(28)16-3-2-10-24-12-16)11-19(20)22(29)27(14)13-15-4-6-17(23)7-5-15/h2-12H,13H2,1H3,(H,26,28). The highest BCUT2D eigenvalue weighted by Gasteiger charge is 2.11. The highest BCUT2D eigenvalue weighted by atomic mass is 19.1. The summed E-state index contributed by atoms with van der Waals surface area (Å²) in [5.74, 6) is -0.0911. The smallest absolute Gasteiger partial charge is 0.261 e. The van der Waals surface area contributed by atoms with Crippen molar-refractivity contribution in [1.29, 1.82) is 0 Å². The topological polar surface area (TPSA) is 76.9 Å². The molecule has 0 atom stereocenters. The zero-order chi connectivity index (χ0) is 20.4. The fourth-order valence-corrected chi connectivity index (χ4v) is 3.07. The Bertz CT molecular complexity index is 1250. The maximum absolute atomic E-state index is 13.1. The maximum Gasteiger partial charge on any atom is 0.261 e. The Kier molecular flexibility index (Phi) is 4.87. The number of carbonyl (C=O) groups is 1. The number of anilines is 1. The lowest BCUT2D eigenvalue weighted by molar-refractivity contribution is 0.102. The molecule has 2 heterocycles. The molecule has 0 radical (unpaired) electrons. The predicted molar refractivity (Wildman–Crippen MR) is 108 cm³/mol. The van der Waals surface area contributed by atoms with Gasteiger partial charge in [0.25, 0.3) is 11.5 Å². The SMILES string of the molecule is Cc1nc2ccc(NC(=O)c3cccnc3)cc2c(=O)n1Cc1ccc(F)cc1. The predicted octanol–water partition coefficient (Wildman–Crippen LogP) is 3.54. The fourth-order valence-electron chi connectivity index (χ4n) is 3.07. The molecule has 1 N–H and O–H groups in total. The van der Waals surface area contributed by atoms with Crippen LogP contribution >= 0.6 is 0 Å². The van der Waals surface area contributed by atoms with Gasteiger partial charge < -0.3 is 5.32 Å². The number of benzene rings is 2. The van der Waals surface area contributed by atoms with E-state index in [1.807, 2.05) is 0 Å². The molecule has 0 saturated carbocycles. The van der Waals surface area contributed by atoms with Crippen LogP contribution in [0.15, 0.2) is 71.8 Å². The molecule has 0 aliphatic carbocycles. The lowest BCUT2D eigenvalue weighted by Crippen LogP contribution is -2.24. The summed E-state index contributed by atoms with van der Waals surface area (Å²) in [6, 6.07) is 14.3. The van der Waals surface area contributed by atoms with Gasteiger partial charge in [-0.25, -0.2) is 9.37 Å². The first-order valence-electron chi connectivity index (χ1n) is 8.98. The summed E-state index contributed by atoms with van der Waals surface area (Å²) in [6.07, 6.45) is 3.06. The number of rotatable bonds is 4. The molecule has 2 aromatic carbocycles. The van der Waals surface area contributed by atoms with Crippen molar-refractivity contribution in [3.8, 4) is 0 Å². The molecule has 0 saturated heterocycles. The highest BCUT2D eigenvalue weighted by molar-refractivity contribution is 6.04. The molecule has 0 aliphatic heterocycles. The number of nitrogens with one attached hydrogen (secondary N) is 1. The van der Waals surface area contributed by atoms with Crippen molar-refractivity contribution >= 4 is 22.5 Å². The second-order valence-electron chi connectivity index (χ2n) is 6.60. The Balaban J connectivity index is 1.69. The molecule has 0 aliphatic rings. The van der Waals surface area contributed by atoms with Gasteiger partial charge in [0.2, 0.25) is 0 Å². The molecule has 0 spiro atoms. The van der Waals surface area contributed by atoms with Crippen molar-refractivity contribution in [3.63, 3.8) is 0 Å². The number of aromatic nitrogens is 3. The Hall–Kier alpha value is -3.87. The molecule has 0 fully saturated rings. The molecule has 29 heavy (non-hydrogen) atoms. The molecule has 1 amide bonds. The van der Waals surface area contributed by atoms with Crippen molar-refractivity contribution in [2.24, 2.45) is 0 Å². The first kappa shape index (κ1) is 18.5. The number of hydrogen-bond donors (Lipinski definition) is 1. The Morgan fingerprint density at radius 1 is 1.14 bits per heavy atom. The van der Waals surface area contributed by atoms with E-state index in [4.69, 9.17) is 0 Å².